The second-order valence-electron chi connectivity index (χ2n) is 6.11. The van der Waals surface area contributed by atoms with Crippen molar-refractivity contribution in [2.75, 3.05) is 5.32 Å². The highest BCUT2D eigenvalue weighted by molar-refractivity contribution is 6.03. The first-order valence-corrected chi connectivity index (χ1v) is 8.05. The molecule has 6 nitrogen and oxygen atoms in total. The number of carbonyl (C=O) groups is 1. The maximum absolute atomic E-state index is 12.4. The highest BCUT2D eigenvalue weighted by atomic mass is 16.2. The number of rotatable bonds is 2. The molecule has 4 rings (SSSR count). The van der Waals surface area contributed by atoms with E-state index >= 15 is 0 Å². The van der Waals surface area contributed by atoms with Crippen molar-refractivity contribution in [3.05, 3.63) is 40.3 Å². The van der Waals surface area contributed by atoms with E-state index in [1.807, 2.05) is 16.8 Å². The third-order valence-corrected chi connectivity index (χ3v) is 4.55. The van der Waals surface area contributed by atoms with Crippen molar-refractivity contribution in [1.82, 2.24) is 14.8 Å². The van der Waals surface area contributed by atoms with Crippen LogP contribution in [0.3, 0.4) is 0 Å². The van der Waals surface area contributed by atoms with Gasteiger partial charge in [-0.1, -0.05) is 0 Å². The number of hydrogen-bond acceptors (Lipinski definition) is 4. The average molecular weight is 307 g/mol. The van der Waals surface area contributed by atoms with Crippen LogP contribution in [-0.4, -0.2) is 20.7 Å². The van der Waals surface area contributed by atoms with Gasteiger partial charge in [0, 0.05) is 17.9 Å². The lowest BCUT2D eigenvalue weighted by Gasteiger charge is -2.16. The first-order chi connectivity index (χ1) is 11.2. The van der Waals surface area contributed by atoms with Crippen molar-refractivity contribution < 1.29 is 4.79 Å². The lowest BCUT2D eigenvalue weighted by molar-refractivity contribution is 0.102. The molecule has 6 heteroatoms. The molecule has 1 aliphatic carbocycles. The molecule has 0 saturated carbocycles. The van der Waals surface area contributed by atoms with Gasteiger partial charge < -0.3 is 5.32 Å². The zero-order valence-corrected chi connectivity index (χ0v) is 12.8. The van der Waals surface area contributed by atoms with E-state index in [0.717, 1.165) is 62.0 Å². The second-order valence-corrected chi connectivity index (χ2v) is 6.11. The number of fused-ring (bicyclic) bond motifs is 2. The van der Waals surface area contributed by atoms with Crippen LogP contribution in [0.25, 0.3) is 0 Å². The zero-order valence-electron chi connectivity index (χ0n) is 12.8. The number of aryl methyl sites for hydroxylation is 4. The average Bonchev–Trinajstić information content (AvgIpc) is 3.15. The minimum atomic E-state index is -0.299. The Kier molecular flexibility index (Phi) is 3.34. The zero-order chi connectivity index (χ0) is 15.8. The van der Waals surface area contributed by atoms with Gasteiger partial charge in [0.2, 0.25) is 0 Å². The third kappa shape index (κ3) is 2.48. The molecule has 2 aromatic rings. The molecule has 0 spiro atoms. The van der Waals surface area contributed by atoms with Crippen molar-refractivity contribution in [3.8, 4) is 6.07 Å². The van der Waals surface area contributed by atoms with E-state index in [9.17, 15) is 10.1 Å². The van der Waals surface area contributed by atoms with Crippen LogP contribution in [0, 0.1) is 11.3 Å². The molecule has 23 heavy (non-hydrogen) atoms. The molecule has 0 unspecified atom stereocenters. The Morgan fingerprint density at radius 3 is 2.91 bits per heavy atom. The summed E-state index contributed by atoms with van der Waals surface area (Å²) in [6.07, 6.45) is 6.14. The molecule has 0 fully saturated rings. The summed E-state index contributed by atoms with van der Waals surface area (Å²) in [5.41, 5.74) is 4.03. The summed E-state index contributed by atoms with van der Waals surface area (Å²) in [4.78, 5) is 16.9. The summed E-state index contributed by atoms with van der Waals surface area (Å²) in [5, 5.41) is 16.4. The second kappa shape index (κ2) is 5.51. The van der Waals surface area contributed by atoms with E-state index < -0.39 is 0 Å². The maximum Gasteiger partial charge on any atom is 0.277 e. The summed E-state index contributed by atoms with van der Waals surface area (Å²) in [6, 6.07) is 5.83. The normalized spacial score (nSPS) is 15.6. The first kappa shape index (κ1) is 13.9. The Hall–Kier alpha value is -2.68. The van der Waals surface area contributed by atoms with Crippen LogP contribution in [0.2, 0.25) is 0 Å². The third-order valence-electron chi connectivity index (χ3n) is 4.55. The Labute approximate surface area is 134 Å². The lowest BCUT2D eigenvalue weighted by Crippen LogP contribution is -2.17. The van der Waals surface area contributed by atoms with Crippen LogP contribution in [0.5, 0.6) is 0 Å². The van der Waals surface area contributed by atoms with Gasteiger partial charge in [-0.25, -0.2) is 4.98 Å². The first-order valence-electron chi connectivity index (χ1n) is 8.05. The summed E-state index contributed by atoms with van der Waals surface area (Å²) in [6.45, 7) is 0.864. The topological polar surface area (TPSA) is 83.6 Å². The number of nitrogens with one attached hydrogen (secondary N) is 1. The Bertz CT molecular complexity index is 809. The Morgan fingerprint density at radius 1 is 1.22 bits per heavy atom. The Balaban J connectivity index is 1.62. The van der Waals surface area contributed by atoms with Gasteiger partial charge in [-0.2, -0.15) is 10.4 Å². The van der Waals surface area contributed by atoms with E-state index in [2.05, 4.69) is 21.5 Å². The minimum Gasteiger partial charge on any atom is -0.304 e. The van der Waals surface area contributed by atoms with Crippen molar-refractivity contribution in [1.29, 1.82) is 5.26 Å². The number of anilines is 1. The smallest absolute Gasteiger partial charge is 0.277 e. The fourth-order valence-corrected chi connectivity index (χ4v) is 3.36. The summed E-state index contributed by atoms with van der Waals surface area (Å²) < 4.78 is 1.88. The van der Waals surface area contributed by atoms with Crippen LogP contribution in [-0.2, 0) is 25.8 Å². The van der Waals surface area contributed by atoms with Crippen LogP contribution in [0.4, 0.5) is 5.82 Å². The molecule has 1 aliphatic heterocycles. The highest BCUT2D eigenvalue weighted by Crippen LogP contribution is 2.25. The molecule has 1 amide bonds. The van der Waals surface area contributed by atoms with E-state index in [4.69, 9.17) is 0 Å². The molecule has 0 atom stereocenters. The summed E-state index contributed by atoms with van der Waals surface area (Å²) in [5.74, 6) is 0.0537. The number of nitriles is 1. The molecule has 0 saturated heterocycles. The summed E-state index contributed by atoms with van der Waals surface area (Å²) >= 11 is 0. The molecule has 116 valence electrons. The summed E-state index contributed by atoms with van der Waals surface area (Å²) in [7, 11) is 0. The maximum atomic E-state index is 12.4. The quantitative estimate of drug-likeness (QED) is 0.922. The number of pyridine rings is 1. The number of carbonyl (C=O) groups excluding carboxylic acids is 1. The van der Waals surface area contributed by atoms with Crippen molar-refractivity contribution in [2.24, 2.45) is 0 Å². The molecule has 0 bridgehead atoms. The van der Waals surface area contributed by atoms with Gasteiger partial charge in [0.25, 0.3) is 5.91 Å². The van der Waals surface area contributed by atoms with Crippen LogP contribution in [0.15, 0.2) is 12.1 Å². The molecule has 0 radical (unpaired) electrons. The van der Waals surface area contributed by atoms with Gasteiger partial charge in [-0.05, 0) is 56.2 Å². The molecular formula is C17H17N5O. The molecule has 1 N–H and O–H groups in total. The SMILES string of the molecule is N#Cc1cc2c(nc1NC(=O)c1cc3n(n1)CCC3)CCCC2. The molecule has 0 aromatic carbocycles. The highest BCUT2D eigenvalue weighted by Gasteiger charge is 2.21. The fraction of sp³-hybridized carbons (Fsp3) is 0.412. The number of amides is 1. The van der Waals surface area contributed by atoms with Crippen LogP contribution < -0.4 is 5.32 Å². The van der Waals surface area contributed by atoms with E-state index in [1.54, 1.807) is 0 Å². The van der Waals surface area contributed by atoms with Gasteiger partial charge in [0.15, 0.2) is 11.5 Å². The van der Waals surface area contributed by atoms with Crippen LogP contribution in [0.1, 0.15) is 52.3 Å². The number of hydrogen-bond donors (Lipinski definition) is 1. The molecule has 2 aliphatic rings. The van der Waals surface area contributed by atoms with E-state index in [-0.39, 0.29) is 5.91 Å². The Morgan fingerprint density at radius 2 is 2.09 bits per heavy atom. The van der Waals surface area contributed by atoms with E-state index in [0.29, 0.717) is 17.1 Å². The minimum absolute atomic E-state index is 0.299. The van der Waals surface area contributed by atoms with E-state index in [1.165, 1.54) is 0 Å². The van der Waals surface area contributed by atoms with Crippen molar-refractivity contribution in [3.63, 3.8) is 0 Å². The van der Waals surface area contributed by atoms with Gasteiger partial charge in [-0.3, -0.25) is 9.48 Å². The lowest BCUT2D eigenvalue weighted by atomic mass is 9.95. The monoisotopic (exact) mass is 307 g/mol. The number of nitrogens with zero attached hydrogens (tertiary/aromatic N) is 4. The molecule has 2 aromatic heterocycles. The standard InChI is InChI=1S/C17H17N5O/c18-10-12-8-11-4-1-2-6-14(11)19-16(12)20-17(23)15-9-13-5-3-7-22(13)21-15/h8-9H,1-7H2,(H,19,20,23). The van der Waals surface area contributed by atoms with Gasteiger partial charge >= 0.3 is 0 Å². The predicted molar refractivity (Wildman–Crippen MR) is 84.1 cm³/mol. The van der Waals surface area contributed by atoms with Gasteiger partial charge in [-0.15, -0.1) is 0 Å². The molecule has 3 heterocycles. The van der Waals surface area contributed by atoms with Crippen LogP contribution >= 0.6 is 0 Å². The predicted octanol–water partition coefficient (Wildman–Crippen LogP) is 2.23. The largest absolute Gasteiger partial charge is 0.304 e. The van der Waals surface area contributed by atoms with Crippen molar-refractivity contribution >= 4 is 11.7 Å². The fourth-order valence-electron chi connectivity index (χ4n) is 3.36. The van der Waals surface area contributed by atoms with Gasteiger partial charge in [0.05, 0.1) is 5.56 Å². The number of aromatic nitrogens is 3. The van der Waals surface area contributed by atoms with Gasteiger partial charge in [0.1, 0.15) is 6.07 Å². The van der Waals surface area contributed by atoms with Crippen molar-refractivity contribution in [2.45, 2.75) is 45.1 Å². The molecular weight excluding hydrogens is 290 g/mol.